The molecular formula is C13H19N3O3. The summed E-state index contributed by atoms with van der Waals surface area (Å²) in [7, 11) is 1.55. The molecule has 0 spiro atoms. The van der Waals surface area contributed by atoms with Crippen molar-refractivity contribution in [2.45, 2.75) is 19.9 Å². The SMILES string of the molecule is COc1cccc(NC(=O)CNC(=O)NC(C)C)c1. The van der Waals surface area contributed by atoms with Gasteiger partial charge in [-0.1, -0.05) is 6.07 Å². The highest BCUT2D eigenvalue weighted by atomic mass is 16.5. The molecule has 0 unspecified atom stereocenters. The van der Waals surface area contributed by atoms with Gasteiger partial charge < -0.3 is 20.7 Å². The maximum absolute atomic E-state index is 11.6. The summed E-state index contributed by atoms with van der Waals surface area (Å²) in [5.74, 6) is 0.357. The maximum Gasteiger partial charge on any atom is 0.315 e. The summed E-state index contributed by atoms with van der Waals surface area (Å²) in [5.41, 5.74) is 0.621. The van der Waals surface area contributed by atoms with Crippen molar-refractivity contribution in [3.8, 4) is 5.75 Å². The number of benzene rings is 1. The molecule has 1 aromatic carbocycles. The van der Waals surface area contributed by atoms with Gasteiger partial charge in [0.05, 0.1) is 13.7 Å². The Balaban J connectivity index is 2.40. The van der Waals surface area contributed by atoms with E-state index in [4.69, 9.17) is 4.74 Å². The Morgan fingerprint density at radius 2 is 2.05 bits per heavy atom. The number of urea groups is 1. The highest BCUT2D eigenvalue weighted by molar-refractivity contribution is 5.94. The molecule has 3 amide bonds. The van der Waals surface area contributed by atoms with Crippen LogP contribution in [0.1, 0.15) is 13.8 Å². The molecule has 0 saturated carbocycles. The average molecular weight is 265 g/mol. The van der Waals surface area contributed by atoms with Gasteiger partial charge in [-0.25, -0.2) is 4.79 Å². The lowest BCUT2D eigenvalue weighted by molar-refractivity contribution is -0.115. The summed E-state index contributed by atoms with van der Waals surface area (Å²) >= 11 is 0. The molecule has 0 saturated heterocycles. The zero-order chi connectivity index (χ0) is 14.3. The number of methoxy groups -OCH3 is 1. The maximum atomic E-state index is 11.6. The molecule has 1 aromatic rings. The van der Waals surface area contributed by atoms with Crippen molar-refractivity contribution < 1.29 is 14.3 Å². The predicted molar refractivity (Wildman–Crippen MR) is 73.3 cm³/mol. The minimum Gasteiger partial charge on any atom is -0.497 e. The Kier molecular flexibility index (Phi) is 5.66. The minimum absolute atomic E-state index is 0.0291. The molecule has 6 nitrogen and oxygen atoms in total. The normalized spacial score (nSPS) is 9.89. The lowest BCUT2D eigenvalue weighted by Gasteiger charge is -2.10. The molecule has 0 aromatic heterocycles. The molecule has 0 atom stereocenters. The summed E-state index contributed by atoms with van der Waals surface area (Å²) < 4.78 is 5.05. The van der Waals surface area contributed by atoms with Crippen LogP contribution in [0.3, 0.4) is 0 Å². The first-order valence-corrected chi connectivity index (χ1v) is 5.99. The van der Waals surface area contributed by atoms with Crippen LogP contribution in [0, 0.1) is 0 Å². The number of carbonyl (C=O) groups excluding carboxylic acids is 2. The Hall–Kier alpha value is -2.24. The molecular weight excluding hydrogens is 246 g/mol. The van der Waals surface area contributed by atoms with Crippen LogP contribution in [0.2, 0.25) is 0 Å². The monoisotopic (exact) mass is 265 g/mol. The number of carbonyl (C=O) groups is 2. The van der Waals surface area contributed by atoms with Gasteiger partial charge in [0.1, 0.15) is 5.75 Å². The Labute approximate surface area is 112 Å². The second-order valence-electron chi connectivity index (χ2n) is 4.26. The largest absolute Gasteiger partial charge is 0.497 e. The van der Waals surface area contributed by atoms with E-state index < -0.39 is 0 Å². The van der Waals surface area contributed by atoms with Crippen LogP contribution in [-0.2, 0) is 4.79 Å². The second-order valence-corrected chi connectivity index (χ2v) is 4.26. The molecule has 1 rings (SSSR count). The zero-order valence-electron chi connectivity index (χ0n) is 11.3. The van der Waals surface area contributed by atoms with Crippen molar-refractivity contribution in [2.75, 3.05) is 19.0 Å². The van der Waals surface area contributed by atoms with Gasteiger partial charge in [-0.15, -0.1) is 0 Å². The van der Waals surface area contributed by atoms with Crippen molar-refractivity contribution in [3.05, 3.63) is 24.3 Å². The highest BCUT2D eigenvalue weighted by Gasteiger charge is 2.06. The van der Waals surface area contributed by atoms with E-state index in [0.717, 1.165) is 0 Å². The van der Waals surface area contributed by atoms with Crippen LogP contribution in [0.4, 0.5) is 10.5 Å². The first-order valence-electron chi connectivity index (χ1n) is 5.99. The van der Waals surface area contributed by atoms with E-state index in [1.54, 1.807) is 31.4 Å². The molecule has 0 heterocycles. The van der Waals surface area contributed by atoms with Crippen molar-refractivity contribution >= 4 is 17.6 Å². The fourth-order valence-electron chi connectivity index (χ4n) is 1.38. The number of nitrogens with one attached hydrogen (secondary N) is 3. The van der Waals surface area contributed by atoms with E-state index in [1.807, 2.05) is 13.8 Å². The zero-order valence-corrected chi connectivity index (χ0v) is 11.3. The van der Waals surface area contributed by atoms with Gasteiger partial charge in [-0.3, -0.25) is 4.79 Å². The van der Waals surface area contributed by atoms with Crippen molar-refractivity contribution in [1.29, 1.82) is 0 Å². The molecule has 19 heavy (non-hydrogen) atoms. The van der Waals surface area contributed by atoms with Crippen molar-refractivity contribution in [3.63, 3.8) is 0 Å². The van der Waals surface area contributed by atoms with Gasteiger partial charge >= 0.3 is 6.03 Å². The molecule has 0 aliphatic carbocycles. The molecule has 0 fully saturated rings. The van der Waals surface area contributed by atoms with Gasteiger partial charge in [0.2, 0.25) is 5.91 Å². The van der Waals surface area contributed by atoms with Crippen LogP contribution in [0.15, 0.2) is 24.3 Å². The summed E-state index contributed by atoms with van der Waals surface area (Å²) in [6.45, 7) is 3.60. The number of hydrogen-bond acceptors (Lipinski definition) is 3. The van der Waals surface area contributed by atoms with Crippen LogP contribution in [-0.4, -0.2) is 31.6 Å². The fraction of sp³-hybridized carbons (Fsp3) is 0.385. The first-order chi connectivity index (χ1) is 9.01. The smallest absolute Gasteiger partial charge is 0.315 e. The van der Waals surface area contributed by atoms with E-state index in [-0.39, 0.29) is 24.5 Å². The molecule has 0 radical (unpaired) electrons. The van der Waals surface area contributed by atoms with Crippen LogP contribution >= 0.6 is 0 Å². The lowest BCUT2D eigenvalue weighted by Crippen LogP contribution is -2.42. The quantitative estimate of drug-likeness (QED) is 0.751. The van der Waals surface area contributed by atoms with Crippen molar-refractivity contribution in [1.82, 2.24) is 10.6 Å². The van der Waals surface area contributed by atoms with E-state index >= 15 is 0 Å². The van der Waals surface area contributed by atoms with Crippen molar-refractivity contribution in [2.24, 2.45) is 0 Å². The third-order valence-electron chi connectivity index (χ3n) is 2.18. The molecule has 0 aliphatic heterocycles. The lowest BCUT2D eigenvalue weighted by atomic mass is 10.3. The predicted octanol–water partition coefficient (Wildman–Crippen LogP) is 1.34. The topological polar surface area (TPSA) is 79.5 Å². The van der Waals surface area contributed by atoms with E-state index in [9.17, 15) is 9.59 Å². The summed E-state index contributed by atoms with van der Waals surface area (Å²) in [5, 5.41) is 7.76. The highest BCUT2D eigenvalue weighted by Crippen LogP contribution is 2.16. The van der Waals surface area contributed by atoms with Gasteiger partial charge in [0.25, 0.3) is 0 Å². The summed E-state index contributed by atoms with van der Waals surface area (Å²) in [6, 6.07) is 6.66. The van der Waals surface area contributed by atoms with E-state index in [0.29, 0.717) is 11.4 Å². The van der Waals surface area contributed by atoms with Crippen LogP contribution in [0.25, 0.3) is 0 Å². The van der Waals surface area contributed by atoms with E-state index in [1.165, 1.54) is 0 Å². The summed E-state index contributed by atoms with van der Waals surface area (Å²) in [6.07, 6.45) is 0. The summed E-state index contributed by atoms with van der Waals surface area (Å²) in [4.78, 5) is 22.9. The van der Waals surface area contributed by atoms with Crippen LogP contribution < -0.4 is 20.7 Å². The number of amides is 3. The van der Waals surface area contributed by atoms with Gasteiger partial charge in [0, 0.05) is 17.8 Å². The minimum atomic E-state index is -0.365. The molecule has 3 N–H and O–H groups in total. The van der Waals surface area contributed by atoms with Gasteiger partial charge in [0.15, 0.2) is 0 Å². The fourth-order valence-corrected chi connectivity index (χ4v) is 1.38. The van der Waals surface area contributed by atoms with E-state index in [2.05, 4.69) is 16.0 Å². The van der Waals surface area contributed by atoms with Gasteiger partial charge in [-0.05, 0) is 26.0 Å². The Morgan fingerprint density at radius 1 is 1.32 bits per heavy atom. The molecule has 6 heteroatoms. The number of ether oxygens (including phenoxy) is 1. The first kappa shape index (κ1) is 14.8. The second kappa shape index (κ2) is 7.25. The van der Waals surface area contributed by atoms with Gasteiger partial charge in [-0.2, -0.15) is 0 Å². The standard InChI is InChI=1S/C13H19N3O3/c1-9(2)15-13(18)14-8-12(17)16-10-5-4-6-11(7-10)19-3/h4-7,9H,8H2,1-3H3,(H,16,17)(H2,14,15,18). The third kappa shape index (κ3) is 5.76. The number of hydrogen-bond donors (Lipinski definition) is 3. The average Bonchev–Trinajstić information content (AvgIpc) is 2.36. The Morgan fingerprint density at radius 3 is 2.68 bits per heavy atom. The Bertz CT molecular complexity index is 447. The third-order valence-corrected chi connectivity index (χ3v) is 2.18. The molecule has 0 aliphatic rings. The number of rotatable bonds is 5. The van der Waals surface area contributed by atoms with Crippen LogP contribution in [0.5, 0.6) is 5.75 Å². The molecule has 0 bridgehead atoms. The molecule has 104 valence electrons. The number of anilines is 1.